The molecule has 0 spiro atoms. The molecular formula is C28H22F6O10. The number of Topliss-reactive ketones (excluding diaryl/α,β-unsaturated/α-hetero) is 2. The van der Waals surface area contributed by atoms with Crippen molar-refractivity contribution >= 4 is 23.5 Å². The second-order valence-electron chi connectivity index (χ2n) is 9.08. The second kappa shape index (κ2) is 13.1. The molecule has 0 aliphatic heterocycles. The van der Waals surface area contributed by atoms with E-state index in [0.717, 1.165) is 62.8 Å². The van der Waals surface area contributed by atoms with Crippen molar-refractivity contribution in [2.24, 2.45) is 0 Å². The van der Waals surface area contributed by atoms with E-state index in [0.29, 0.717) is 0 Å². The summed E-state index contributed by atoms with van der Waals surface area (Å²) in [4.78, 5) is 51.3. The molecular weight excluding hydrogens is 610 g/mol. The van der Waals surface area contributed by atoms with Gasteiger partial charge in [-0.15, -0.1) is 26.3 Å². The van der Waals surface area contributed by atoms with E-state index < -0.39 is 95.1 Å². The molecule has 0 bridgehead atoms. The number of benzene rings is 2. The maximum atomic E-state index is 13.5. The molecule has 16 heteroatoms. The van der Waals surface area contributed by atoms with Gasteiger partial charge in [-0.25, -0.2) is 0 Å². The third kappa shape index (κ3) is 8.08. The quantitative estimate of drug-likeness (QED) is 0.202. The largest absolute Gasteiger partial charge is 0.573 e. The van der Waals surface area contributed by atoms with Gasteiger partial charge in [0.25, 0.3) is 0 Å². The van der Waals surface area contributed by atoms with E-state index in [4.69, 9.17) is 0 Å². The summed E-state index contributed by atoms with van der Waals surface area (Å²) in [5.74, 6) is -11.6. The number of carbonyl (C=O) groups is 4. The number of hydrogen-bond donors (Lipinski definition) is 2. The van der Waals surface area contributed by atoms with Gasteiger partial charge in [0, 0.05) is 11.8 Å². The lowest BCUT2D eigenvalue weighted by molar-refractivity contribution is -0.275. The van der Waals surface area contributed by atoms with Crippen LogP contribution in [0.4, 0.5) is 26.3 Å². The molecule has 1 aliphatic rings. The minimum absolute atomic E-state index is 0.0600. The normalized spacial score (nSPS) is 15.5. The summed E-state index contributed by atoms with van der Waals surface area (Å²) in [5, 5.41) is 21.9. The molecule has 44 heavy (non-hydrogen) atoms. The van der Waals surface area contributed by atoms with E-state index >= 15 is 0 Å². The minimum atomic E-state index is -5.03. The fourth-order valence-corrected chi connectivity index (χ4v) is 4.44. The Morgan fingerprint density at radius 1 is 0.636 bits per heavy atom. The lowest BCUT2D eigenvalue weighted by Crippen LogP contribution is -2.31. The third-order valence-corrected chi connectivity index (χ3v) is 6.36. The Morgan fingerprint density at radius 3 is 1.18 bits per heavy atom. The number of alkyl halides is 6. The first-order chi connectivity index (χ1) is 20.5. The number of ether oxygens (including phenoxy) is 4. The van der Waals surface area contributed by atoms with Crippen LogP contribution in [0.2, 0.25) is 0 Å². The number of ketones is 2. The highest BCUT2D eigenvalue weighted by molar-refractivity contribution is 6.24. The molecule has 2 N–H and O–H groups in total. The summed E-state index contributed by atoms with van der Waals surface area (Å²) < 4.78 is 92.3. The van der Waals surface area contributed by atoms with Crippen molar-refractivity contribution in [3.05, 3.63) is 82.3 Å². The van der Waals surface area contributed by atoms with Gasteiger partial charge in [-0.2, -0.15) is 0 Å². The van der Waals surface area contributed by atoms with Gasteiger partial charge in [0.05, 0.1) is 38.2 Å². The predicted octanol–water partition coefficient (Wildman–Crippen LogP) is 5.25. The number of aliphatic hydroxyl groups is 2. The Kier molecular flexibility index (Phi) is 9.96. The van der Waals surface area contributed by atoms with E-state index in [9.17, 15) is 55.7 Å². The molecule has 2 aromatic carbocycles. The van der Waals surface area contributed by atoms with Crippen LogP contribution >= 0.6 is 0 Å². The molecule has 1 aliphatic carbocycles. The Hall–Kier alpha value is -5.02. The first kappa shape index (κ1) is 33.5. The standard InChI is InChI=1S/C28H22F6O10/c1-41-19(35)11-17(13-3-7-15(8-4-13)43-27(29,30)31)21-23(37)25(39)22(26(40)24(21)38)18(12-20(36)42-2)14-5-9-16(10-6-14)44-28(32,33)34/h3-10,17-18,37,40H,11-12H2,1-2H3/t17-,18-/m1/s1. The van der Waals surface area contributed by atoms with Gasteiger partial charge in [0.1, 0.15) is 11.5 Å². The number of carbonyl (C=O) groups excluding carboxylic acids is 4. The van der Waals surface area contributed by atoms with Crippen LogP contribution in [-0.2, 0) is 28.7 Å². The van der Waals surface area contributed by atoms with Crippen LogP contribution in [0.15, 0.2) is 71.2 Å². The fraction of sp³-hybridized carbons (Fsp3) is 0.286. The van der Waals surface area contributed by atoms with E-state index in [2.05, 4.69) is 18.9 Å². The predicted molar refractivity (Wildman–Crippen MR) is 134 cm³/mol. The number of methoxy groups -OCH3 is 2. The van der Waals surface area contributed by atoms with Gasteiger partial charge in [-0.05, 0) is 35.4 Å². The fourth-order valence-electron chi connectivity index (χ4n) is 4.44. The molecule has 0 fully saturated rings. The van der Waals surface area contributed by atoms with Crippen molar-refractivity contribution in [1.82, 2.24) is 0 Å². The minimum Gasteiger partial charge on any atom is -0.504 e. The van der Waals surface area contributed by atoms with Crippen molar-refractivity contribution in [2.75, 3.05) is 14.2 Å². The lowest BCUT2D eigenvalue weighted by atomic mass is 9.76. The smallest absolute Gasteiger partial charge is 0.504 e. The zero-order valence-electron chi connectivity index (χ0n) is 22.6. The van der Waals surface area contributed by atoms with Gasteiger partial charge in [0.2, 0.25) is 11.6 Å². The molecule has 0 saturated heterocycles. The van der Waals surface area contributed by atoms with Crippen LogP contribution in [0.5, 0.6) is 11.5 Å². The average Bonchev–Trinajstić information content (AvgIpc) is 2.94. The highest BCUT2D eigenvalue weighted by Crippen LogP contribution is 2.41. The summed E-state index contributed by atoms with van der Waals surface area (Å²) in [7, 11) is 1.97. The molecule has 0 unspecified atom stereocenters. The summed E-state index contributed by atoms with van der Waals surface area (Å²) in [6.45, 7) is 0. The van der Waals surface area contributed by atoms with Gasteiger partial charge in [-0.1, -0.05) is 24.3 Å². The molecule has 236 valence electrons. The number of halogens is 6. The Morgan fingerprint density at radius 2 is 0.932 bits per heavy atom. The number of esters is 2. The van der Waals surface area contributed by atoms with E-state index in [-0.39, 0.29) is 11.1 Å². The summed E-state index contributed by atoms with van der Waals surface area (Å²) in [6, 6.07) is 7.47. The van der Waals surface area contributed by atoms with Crippen LogP contribution in [0.25, 0.3) is 0 Å². The van der Waals surface area contributed by atoms with Gasteiger partial charge < -0.3 is 29.2 Å². The molecule has 0 radical (unpaired) electrons. The number of allylic oxidation sites excluding steroid dienone is 2. The van der Waals surface area contributed by atoms with Crippen molar-refractivity contribution in [3.63, 3.8) is 0 Å². The molecule has 2 aromatic rings. The highest BCUT2D eigenvalue weighted by Gasteiger charge is 2.43. The van der Waals surface area contributed by atoms with Crippen LogP contribution in [0, 0.1) is 0 Å². The molecule has 0 heterocycles. The summed E-state index contributed by atoms with van der Waals surface area (Å²) in [5.41, 5.74) is -1.74. The SMILES string of the molecule is COC(=O)C[C@@H](C1=C(O)C(=O)C([C@H](CC(=O)OC)c2ccc(OC(F)(F)F)cc2)=C(O)C1=O)c1ccc(OC(F)(F)F)cc1. The first-order valence-electron chi connectivity index (χ1n) is 12.3. The number of rotatable bonds is 10. The van der Waals surface area contributed by atoms with Gasteiger partial charge in [0.15, 0.2) is 11.5 Å². The summed E-state index contributed by atoms with van der Waals surface area (Å²) >= 11 is 0. The van der Waals surface area contributed by atoms with Crippen LogP contribution in [-0.4, -0.2) is 60.7 Å². The molecule has 0 aromatic heterocycles. The monoisotopic (exact) mass is 632 g/mol. The lowest BCUT2D eigenvalue weighted by Gasteiger charge is -2.27. The van der Waals surface area contributed by atoms with Crippen molar-refractivity contribution in [1.29, 1.82) is 0 Å². The van der Waals surface area contributed by atoms with Crippen LogP contribution in [0.3, 0.4) is 0 Å². The van der Waals surface area contributed by atoms with Crippen molar-refractivity contribution in [2.45, 2.75) is 37.4 Å². The highest BCUT2D eigenvalue weighted by atomic mass is 19.4. The Balaban J connectivity index is 2.09. The van der Waals surface area contributed by atoms with Crippen molar-refractivity contribution < 1.29 is 74.7 Å². The van der Waals surface area contributed by atoms with E-state index in [1.165, 1.54) is 0 Å². The topological polar surface area (TPSA) is 146 Å². The molecule has 3 rings (SSSR count). The average molecular weight is 632 g/mol. The van der Waals surface area contributed by atoms with E-state index in [1.807, 2.05) is 0 Å². The zero-order valence-corrected chi connectivity index (χ0v) is 22.6. The molecule has 10 nitrogen and oxygen atoms in total. The van der Waals surface area contributed by atoms with Gasteiger partial charge in [-0.3, -0.25) is 19.2 Å². The third-order valence-electron chi connectivity index (χ3n) is 6.36. The number of aliphatic hydroxyl groups excluding tert-OH is 2. The van der Waals surface area contributed by atoms with Crippen LogP contribution in [0.1, 0.15) is 35.8 Å². The summed E-state index contributed by atoms with van der Waals surface area (Å²) in [6.07, 6.45) is -11.5. The maximum Gasteiger partial charge on any atom is 0.573 e. The van der Waals surface area contributed by atoms with Crippen LogP contribution < -0.4 is 9.47 Å². The van der Waals surface area contributed by atoms with E-state index in [1.54, 1.807) is 0 Å². The zero-order chi connectivity index (χ0) is 33.0. The van der Waals surface area contributed by atoms with Gasteiger partial charge >= 0.3 is 24.7 Å². The molecule has 2 atom stereocenters. The maximum absolute atomic E-state index is 13.5. The molecule has 0 amide bonds. The molecule has 0 saturated carbocycles. The first-order valence-corrected chi connectivity index (χ1v) is 12.3. The second-order valence-corrected chi connectivity index (χ2v) is 9.08. The Bertz CT molecular complexity index is 1380. The Labute approximate surface area is 244 Å². The number of hydrogen-bond acceptors (Lipinski definition) is 10. The van der Waals surface area contributed by atoms with Crippen molar-refractivity contribution in [3.8, 4) is 11.5 Å².